The van der Waals surface area contributed by atoms with Crippen molar-refractivity contribution in [3.8, 4) is 11.5 Å². The maximum Gasteiger partial charge on any atom is 0.171 e. The fourth-order valence-corrected chi connectivity index (χ4v) is 4.68. The molecule has 0 aliphatic heterocycles. The van der Waals surface area contributed by atoms with Gasteiger partial charge in [-0.05, 0) is 12.0 Å². The summed E-state index contributed by atoms with van der Waals surface area (Å²) in [4.78, 5) is 13.2. The molecule has 3 aromatic carbocycles. The Labute approximate surface area is 155 Å². The molecule has 0 aromatic heterocycles. The summed E-state index contributed by atoms with van der Waals surface area (Å²) in [6, 6.07) is 14.2. The third-order valence-corrected chi connectivity index (χ3v) is 5.73. The van der Waals surface area contributed by atoms with E-state index in [4.69, 9.17) is 4.74 Å². The molecule has 136 valence electrons. The first-order chi connectivity index (χ1) is 13.1. The van der Waals surface area contributed by atoms with Crippen LogP contribution in [0.1, 0.15) is 39.4 Å². The number of hydrogen-bond donors (Lipinski definition) is 3. The van der Waals surface area contributed by atoms with Gasteiger partial charge in [-0.3, -0.25) is 4.79 Å². The number of Topliss-reactive ketones (excluding diaryl/α,β-unsaturated/α-hetero) is 1. The van der Waals surface area contributed by atoms with Crippen LogP contribution in [0.3, 0.4) is 0 Å². The molecule has 5 rings (SSSR count). The van der Waals surface area contributed by atoms with Gasteiger partial charge in [0.15, 0.2) is 5.78 Å². The number of carbonyl (C=O) groups excluding carboxylic acids is 1. The highest BCUT2D eigenvalue weighted by Crippen LogP contribution is 2.61. The van der Waals surface area contributed by atoms with Gasteiger partial charge < -0.3 is 20.1 Å². The summed E-state index contributed by atoms with van der Waals surface area (Å²) in [5.74, 6) is -0.248. The first-order valence-electron chi connectivity index (χ1n) is 8.95. The minimum absolute atomic E-state index is 0.0218. The lowest BCUT2D eigenvalue weighted by atomic mass is 9.77. The zero-order valence-corrected chi connectivity index (χ0v) is 14.5. The van der Waals surface area contributed by atoms with Crippen molar-refractivity contribution in [1.82, 2.24) is 0 Å². The lowest BCUT2D eigenvalue weighted by Crippen LogP contribution is -2.31. The second kappa shape index (κ2) is 5.55. The quantitative estimate of drug-likeness (QED) is 0.667. The van der Waals surface area contributed by atoms with Gasteiger partial charge in [-0.15, -0.1) is 0 Å². The number of aromatic hydroxyl groups is 1. The number of phenols is 1. The minimum Gasteiger partial charge on any atom is -0.507 e. The van der Waals surface area contributed by atoms with Gasteiger partial charge in [-0.1, -0.05) is 48.5 Å². The zero-order chi connectivity index (χ0) is 18.8. The number of carbonyl (C=O) groups is 1. The summed E-state index contributed by atoms with van der Waals surface area (Å²) in [5, 5.41) is 33.1. The zero-order valence-electron chi connectivity index (χ0n) is 14.5. The predicted molar refractivity (Wildman–Crippen MR) is 99.3 cm³/mol. The molecule has 0 heterocycles. The van der Waals surface area contributed by atoms with E-state index >= 15 is 0 Å². The normalized spacial score (nSPS) is 22.6. The number of hydrogen-bond acceptors (Lipinski definition) is 5. The number of phenolic OH excluding ortho intramolecular Hbond substituents is 1. The van der Waals surface area contributed by atoms with Crippen LogP contribution in [0.2, 0.25) is 0 Å². The van der Waals surface area contributed by atoms with Crippen LogP contribution in [0.5, 0.6) is 11.5 Å². The number of aliphatic hydroxyl groups excluding tert-OH is 1. The van der Waals surface area contributed by atoms with Crippen molar-refractivity contribution in [3.63, 3.8) is 0 Å². The topological polar surface area (TPSA) is 87.0 Å². The number of aliphatic hydroxyl groups is 2. The fraction of sp³-hybridized carbons (Fsp3) is 0.227. The Morgan fingerprint density at radius 2 is 1.78 bits per heavy atom. The van der Waals surface area contributed by atoms with E-state index in [-0.39, 0.29) is 31.2 Å². The molecule has 0 saturated carbocycles. The molecule has 0 spiro atoms. The summed E-state index contributed by atoms with van der Waals surface area (Å²) < 4.78 is 5.84. The van der Waals surface area contributed by atoms with Gasteiger partial charge >= 0.3 is 0 Å². The standard InChI is InChI=1S/C22H18O5/c23-9-10-27-21-13-6-2-1-5-12(13)20(25)18-17(21)15-11-22(18,26)16-8-4-3-7-14(16)19(15)24/h1-8,15,23,25-26H,9-11H2. The molecule has 5 heteroatoms. The number of benzene rings is 3. The van der Waals surface area contributed by atoms with Crippen molar-refractivity contribution in [1.29, 1.82) is 0 Å². The average Bonchev–Trinajstić information content (AvgIpc) is 2.98. The molecule has 3 aromatic rings. The highest BCUT2D eigenvalue weighted by atomic mass is 16.5. The molecule has 3 N–H and O–H groups in total. The third-order valence-electron chi connectivity index (χ3n) is 5.73. The molecule has 0 saturated heterocycles. The Balaban J connectivity index is 1.91. The Bertz CT molecular complexity index is 1100. The van der Waals surface area contributed by atoms with Crippen LogP contribution < -0.4 is 4.74 Å². The highest BCUT2D eigenvalue weighted by molar-refractivity contribution is 6.09. The Hall–Kier alpha value is -2.89. The van der Waals surface area contributed by atoms with Crippen LogP contribution in [0.15, 0.2) is 48.5 Å². The maximum atomic E-state index is 13.2. The van der Waals surface area contributed by atoms with Crippen molar-refractivity contribution < 1.29 is 24.9 Å². The monoisotopic (exact) mass is 362 g/mol. The SMILES string of the molecule is O=C1c2ccccc2C2(O)CC1c1c2c(O)c2ccccc2c1OCCO. The van der Waals surface area contributed by atoms with Crippen molar-refractivity contribution in [2.45, 2.75) is 17.9 Å². The molecule has 5 nitrogen and oxygen atoms in total. The Kier molecular flexibility index (Phi) is 3.35. The van der Waals surface area contributed by atoms with Gasteiger partial charge in [0.2, 0.25) is 0 Å². The number of ketones is 1. The van der Waals surface area contributed by atoms with E-state index in [0.29, 0.717) is 38.8 Å². The second-order valence-corrected chi connectivity index (χ2v) is 7.11. The number of ether oxygens (including phenoxy) is 1. The van der Waals surface area contributed by atoms with E-state index in [1.165, 1.54) is 0 Å². The summed E-state index contributed by atoms with van der Waals surface area (Å²) in [7, 11) is 0. The van der Waals surface area contributed by atoms with Gasteiger partial charge in [-0.2, -0.15) is 0 Å². The van der Waals surface area contributed by atoms with E-state index in [9.17, 15) is 20.1 Å². The largest absolute Gasteiger partial charge is 0.507 e. The molecule has 2 unspecified atom stereocenters. The first kappa shape index (κ1) is 16.3. The molecular formula is C22H18O5. The maximum absolute atomic E-state index is 13.2. The van der Waals surface area contributed by atoms with E-state index in [0.717, 1.165) is 0 Å². The summed E-state index contributed by atoms with van der Waals surface area (Å²) >= 11 is 0. The Morgan fingerprint density at radius 3 is 2.56 bits per heavy atom. The molecular weight excluding hydrogens is 344 g/mol. The van der Waals surface area contributed by atoms with Gasteiger partial charge in [0.05, 0.1) is 12.5 Å². The molecule has 0 amide bonds. The average molecular weight is 362 g/mol. The number of fused-ring (bicyclic) bond motifs is 8. The van der Waals surface area contributed by atoms with E-state index < -0.39 is 11.5 Å². The molecule has 27 heavy (non-hydrogen) atoms. The smallest absolute Gasteiger partial charge is 0.171 e. The van der Waals surface area contributed by atoms with Crippen molar-refractivity contribution in [2.75, 3.05) is 13.2 Å². The molecule has 2 aliphatic rings. The summed E-state index contributed by atoms with van der Waals surface area (Å²) in [6.07, 6.45) is 0.178. The van der Waals surface area contributed by atoms with Gasteiger partial charge in [0.1, 0.15) is 23.7 Å². The summed E-state index contributed by atoms with van der Waals surface area (Å²) in [5.41, 5.74) is 0.421. The Morgan fingerprint density at radius 1 is 1.07 bits per heavy atom. The van der Waals surface area contributed by atoms with Crippen LogP contribution in [0.4, 0.5) is 0 Å². The molecule has 2 bridgehead atoms. The predicted octanol–water partition coefficient (Wildman–Crippen LogP) is 2.84. The van der Waals surface area contributed by atoms with E-state index in [2.05, 4.69) is 0 Å². The van der Waals surface area contributed by atoms with Crippen LogP contribution in [-0.4, -0.2) is 34.3 Å². The van der Waals surface area contributed by atoms with Crippen molar-refractivity contribution in [2.24, 2.45) is 0 Å². The fourth-order valence-electron chi connectivity index (χ4n) is 4.68. The van der Waals surface area contributed by atoms with Crippen LogP contribution >= 0.6 is 0 Å². The number of rotatable bonds is 3. The van der Waals surface area contributed by atoms with Crippen LogP contribution in [0.25, 0.3) is 10.8 Å². The molecule has 0 radical (unpaired) electrons. The van der Waals surface area contributed by atoms with Gasteiger partial charge in [0.25, 0.3) is 0 Å². The summed E-state index contributed by atoms with van der Waals surface area (Å²) in [6.45, 7) is -0.111. The van der Waals surface area contributed by atoms with E-state index in [1.807, 2.05) is 12.1 Å². The van der Waals surface area contributed by atoms with Crippen LogP contribution in [0, 0.1) is 0 Å². The lowest BCUT2D eigenvalue weighted by molar-refractivity contribution is 0.0595. The van der Waals surface area contributed by atoms with E-state index in [1.54, 1.807) is 36.4 Å². The first-order valence-corrected chi connectivity index (χ1v) is 8.95. The molecule has 2 atom stereocenters. The molecule has 0 fully saturated rings. The minimum atomic E-state index is -1.45. The van der Waals surface area contributed by atoms with Crippen molar-refractivity contribution in [3.05, 3.63) is 70.8 Å². The molecule has 2 aliphatic carbocycles. The second-order valence-electron chi connectivity index (χ2n) is 7.11. The lowest BCUT2D eigenvalue weighted by Gasteiger charge is -2.30. The third kappa shape index (κ3) is 1.98. The van der Waals surface area contributed by atoms with Crippen molar-refractivity contribution >= 4 is 16.6 Å². The highest BCUT2D eigenvalue weighted by Gasteiger charge is 2.55. The van der Waals surface area contributed by atoms with Gasteiger partial charge in [0, 0.05) is 27.5 Å². The van der Waals surface area contributed by atoms with Crippen LogP contribution in [-0.2, 0) is 5.60 Å². The van der Waals surface area contributed by atoms with Gasteiger partial charge in [-0.25, -0.2) is 0 Å².